The van der Waals surface area contributed by atoms with Crippen LogP contribution in [0.4, 0.5) is 5.13 Å². The van der Waals surface area contributed by atoms with Crippen LogP contribution >= 0.6 is 11.3 Å². The molecule has 0 radical (unpaired) electrons. The van der Waals surface area contributed by atoms with Gasteiger partial charge in [0.25, 0.3) is 0 Å². The molecule has 2 bridgehead atoms. The van der Waals surface area contributed by atoms with Crippen molar-refractivity contribution in [1.29, 1.82) is 0 Å². The Morgan fingerprint density at radius 2 is 1.92 bits per heavy atom. The molecule has 37 heavy (non-hydrogen) atoms. The molecule has 1 aromatic carbocycles. The van der Waals surface area contributed by atoms with Gasteiger partial charge in [-0.15, -0.1) is 0 Å². The molecule has 2 aliphatic heterocycles. The summed E-state index contributed by atoms with van der Waals surface area (Å²) >= 11 is 1.62. The van der Waals surface area contributed by atoms with Crippen molar-refractivity contribution < 1.29 is 19.2 Å². The van der Waals surface area contributed by atoms with E-state index in [4.69, 9.17) is 14.2 Å². The summed E-state index contributed by atoms with van der Waals surface area (Å²) in [5.74, 6) is 1.90. The smallest absolute Gasteiger partial charge is 0.335 e. The van der Waals surface area contributed by atoms with E-state index in [-0.39, 0.29) is 6.10 Å². The number of aromatic nitrogens is 2. The van der Waals surface area contributed by atoms with Gasteiger partial charge in [-0.3, -0.25) is 0 Å². The van der Waals surface area contributed by atoms with Crippen molar-refractivity contribution in [1.82, 2.24) is 10.1 Å². The largest absolute Gasteiger partial charge is 0.478 e. The molecule has 4 fully saturated rings. The first-order chi connectivity index (χ1) is 18.0. The molecule has 7 nitrogen and oxygen atoms in total. The minimum Gasteiger partial charge on any atom is -0.478 e. The van der Waals surface area contributed by atoms with E-state index in [0.717, 1.165) is 46.8 Å². The highest BCUT2D eigenvalue weighted by atomic mass is 32.1. The van der Waals surface area contributed by atoms with Gasteiger partial charge < -0.3 is 19.3 Å². The van der Waals surface area contributed by atoms with Gasteiger partial charge in [0.15, 0.2) is 5.13 Å². The number of hydrogen-bond donors (Lipinski definition) is 1. The van der Waals surface area contributed by atoms with Crippen LogP contribution in [-0.4, -0.2) is 39.4 Å². The quantitative estimate of drug-likeness (QED) is 0.363. The molecule has 4 heterocycles. The first-order valence-electron chi connectivity index (χ1n) is 14.1. The standard InChI is InChI=1S/C29H35N3O4S/c1-16-4-2-3-5-22(16)26-23(27(36-31-26)17-6-7-17)15-35-21-13-19-9-10-20(14-21)32(19)29-30-24-11-8-18(28(33)34)12-25(24)37-29/h8,11-12,16-17,19-22H,2-7,9-10,13-15H2,1H3,(H,33,34)/t16?,19-,20?,21?,22?/m0/s1. The lowest BCUT2D eigenvalue weighted by Crippen LogP contribution is -2.45. The van der Waals surface area contributed by atoms with Crippen LogP contribution in [0.5, 0.6) is 0 Å². The Kier molecular flexibility index (Phi) is 6.00. The van der Waals surface area contributed by atoms with Crippen molar-refractivity contribution in [2.24, 2.45) is 5.92 Å². The Bertz CT molecular complexity index is 1300. The minimum atomic E-state index is -0.895. The number of fused-ring (bicyclic) bond motifs is 3. The second-order valence-corrected chi connectivity index (χ2v) is 12.7. The van der Waals surface area contributed by atoms with Crippen molar-refractivity contribution in [3.8, 4) is 0 Å². The van der Waals surface area contributed by atoms with Crippen molar-refractivity contribution in [2.75, 3.05) is 4.90 Å². The summed E-state index contributed by atoms with van der Waals surface area (Å²) in [7, 11) is 0. The number of rotatable bonds is 7. The maximum absolute atomic E-state index is 11.4. The van der Waals surface area contributed by atoms with Crippen LogP contribution in [0.15, 0.2) is 22.7 Å². The van der Waals surface area contributed by atoms with E-state index in [2.05, 4.69) is 17.0 Å². The number of carboxylic acid groups (broad SMARTS) is 1. The van der Waals surface area contributed by atoms with E-state index in [0.29, 0.717) is 42.0 Å². The van der Waals surface area contributed by atoms with Crippen molar-refractivity contribution in [2.45, 2.75) is 108 Å². The predicted octanol–water partition coefficient (Wildman–Crippen LogP) is 6.87. The third kappa shape index (κ3) is 4.36. The van der Waals surface area contributed by atoms with Crippen LogP contribution < -0.4 is 4.90 Å². The lowest BCUT2D eigenvalue weighted by Gasteiger charge is -2.38. The van der Waals surface area contributed by atoms with E-state index in [1.165, 1.54) is 49.8 Å². The summed E-state index contributed by atoms with van der Waals surface area (Å²) in [5.41, 5.74) is 3.65. The number of hydrogen-bond acceptors (Lipinski definition) is 7. The molecule has 196 valence electrons. The van der Waals surface area contributed by atoms with Gasteiger partial charge in [-0.05, 0) is 69.1 Å². The molecule has 8 heteroatoms. The molecule has 0 amide bonds. The summed E-state index contributed by atoms with van der Waals surface area (Å²) in [6.45, 7) is 3.00. The van der Waals surface area contributed by atoms with Crippen LogP contribution in [0.3, 0.4) is 0 Å². The lowest BCUT2D eigenvalue weighted by molar-refractivity contribution is 0.0140. The normalized spacial score (nSPS) is 29.8. The number of carboxylic acids is 1. The van der Waals surface area contributed by atoms with Gasteiger partial charge in [0.05, 0.1) is 34.2 Å². The SMILES string of the molecule is CC1CCCCC1c1noc(C2CC2)c1COC1CC2CC[C@@H](C1)N2c1nc2ccc(C(=O)O)cc2s1. The topological polar surface area (TPSA) is 88.7 Å². The fourth-order valence-corrected chi connectivity index (χ4v) is 8.24. The molecule has 2 saturated heterocycles. The fraction of sp³-hybridized carbons (Fsp3) is 0.621. The first-order valence-corrected chi connectivity index (χ1v) is 14.9. The number of piperidine rings is 1. The number of benzene rings is 1. The Labute approximate surface area is 221 Å². The summed E-state index contributed by atoms with van der Waals surface area (Å²) in [4.78, 5) is 18.8. The number of thiazole rings is 1. The molecule has 7 rings (SSSR count). The molecule has 4 aliphatic rings. The average Bonchev–Trinajstić information content (AvgIpc) is 3.41. The van der Waals surface area contributed by atoms with E-state index >= 15 is 0 Å². The Morgan fingerprint density at radius 3 is 2.65 bits per heavy atom. The van der Waals surface area contributed by atoms with Crippen molar-refractivity contribution in [3.63, 3.8) is 0 Å². The monoisotopic (exact) mass is 521 g/mol. The highest BCUT2D eigenvalue weighted by Gasteiger charge is 2.43. The number of nitrogens with zero attached hydrogens (tertiary/aromatic N) is 3. The van der Waals surface area contributed by atoms with Gasteiger partial charge in [0, 0.05) is 29.5 Å². The molecule has 0 spiro atoms. The second kappa shape index (κ2) is 9.38. The van der Waals surface area contributed by atoms with E-state index < -0.39 is 5.97 Å². The highest BCUT2D eigenvalue weighted by molar-refractivity contribution is 7.22. The molecular weight excluding hydrogens is 486 g/mol. The summed E-state index contributed by atoms with van der Waals surface area (Å²) < 4.78 is 13.6. The zero-order valence-corrected chi connectivity index (χ0v) is 22.2. The van der Waals surface area contributed by atoms with Crippen molar-refractivity contribution >= 4 is 32.7 Å². The van der Waals surface area contributed by atoms with Gasteiger partial charge >= 0.3 is 5.97 Å². The van der Waals surface area contributed by atoms with Gasteiger partial charge in [-0.25, -0.2) is 9.78 Å². The zero-order valence-electron chi connectivity index (χ0n) is 21.4. The minimum absolute atomic E-state index is 0.236. The van der Waals surface area contributed by atoms with Crippen LogP contribution in [0.1, 0.15) is 110 Å². The second-order valence-electron chi connectivity index (χ2n) is 11.7. The van der Waals surface area contributed by atoms with Gasteiger partial charge in [0.1, 0.15) is 5.76 Å². The van der Waals surface area contributed by atoms with E-state index in [1.54, 1.807) is 23.5 Å². The maximum atomic E-state index is 11.4. The molecule has 5 atom stereocenters. The van der Waals surface area contributed by atoms with Gasteiger partial charge in [0.2, 0.25) is 0 Å². The third-order valence-electron chi connectivity index (χ3n) is 9.26. The molecule has 2 aliphatic carbocycles. The summed E-state index contributed by atoms with van der Waals surface area (Å²) in [6.07, 6.45) is 12.1. The summed E-state index contributed by atoms with van der Waals surface area (Å²) in [5, 5.41) is 15.0. The Morgan fingerprint density at radius 1 is 1.14 bits per heavy atom. The molecule has 3 aromatic rings. The lowest BCUT2D eigenvalue weighted by atomic mass is 9.77. The predicted molar refractivity (Wildman–Crippen MR) is 143 cm³/mol. The number of carbonyl (C=O) groups is 1. The molecular formula is C29H35N3O4S. The van der Waals surface area contributed by atoms with E-state index in [1.807, 2.05) is 6.07 Å². The van der Waals surface area contributed by atoms with Crippen molar-refractivity contribution in [3.05, 3.63) is 40.8 Å². The Hall–Kier alpha value is -2.45. The average molecular weight is 522 g/mol. The molecule has 2 saturated carbocycles. The van der Waals surface area contributed by atoms with Gasteiger partial charge in [-0.1, -0.05) is 42.7 Å². The number of aromatic carboxylic acids is 1. The van der Waals surface area contributed by atoms with E-state index in [9.17, 15) is 9.90 Å². The number of anilines is 1. The molecule has 4 unspecified atom stereocenters. The Balaban J connectivity index is 1.07. The number of ether oxygens (including phenoxy) is 1. The maximum Gasteiger partial charge on any atom is 0.335 e. The van der Waals surface area contributed by atoms with Crippen LogP contribution in [0, 0.1) is 5.92 Å². The molecule has 1 N–H and O–H groups in total. The third-order valence-corrected chi connectivity index (χ3v) is 10.3. The fourth-order valence-electron chi connectivity index (χ4n) is 7.09. The van der Waals surface area contributed by atoms with Crippen LogP contribution in [0.25, 0.3) is 10.2 Å². The van der Waals surface area contributed by atoms with Crippen LogP contribution in [0.2, 0.25) is 0 Å². The summed E-state index contributed by atoms with van der Waals surface area (Å²) in [6, 6.07) is 6.07. The zero-order chi connectivity index (χ0) is 25.1. The van der Waals surface area contributed by atoms with Crippen LogP contribution in [-0.2, 0) is 11.3 Å². The first kappa shape index (κ1) is 23.7. The highest BCUT2D eigenvalue weighted by Crippen LogP contribution is 2.47. The van der Waals surface area contributed by atoms with Gasteiger partial charge in [-0.2, -0.15) is 0 Å². The molecule has 2 aromatic heterocycles.